The van der Waals surface area contributed by atoms with E-state index in [2.05, 4.69) is 40.4 Å². The van der Waals surface area contributed by atoms with Crippen LogP contribution in [0.3, 0.4) is 0 Å². The van der Waals surface area contributed by atoms with E-state index in [1.807, 2.05) is 30.3 Å². The van der Waals surface area contributed by atoms with E-state index >= 15 is 0 Å². The number of halogens is 3. The zero-order valence-electron chi connectivity index (χ0n) is 22.7. The molecule has 0 aromatic heterocycles. The molecule has 0 radical (unpaired) electrons. The number of alkyl halides is 3. The predicted molar refractivity (Wildman–Crippen MR) is 149 cm³/mol. The van der Waals surface area contributed by atoms with Gasteiger partial charge in [0.15, 0.2) is 0 Å². The molecule has 3 aromatic carbocycles. The lowest BCUT2D eigenvalue weighted by Crippen LogP contribution is -2.28. The highest BCUT2D eigenvalue weighted by molar-refractivity contribution is 6.04. The van der Waals surface area contributed by atoms with Crippen LogP contribution in [0.2, 0.25) is 0 Å². The topological polar surface area (TPSA) is 106 Å². The first-order valence-electron chi connectivity index (χ1n) is 12.8. The van der Waals surface area contributed by atoms with E-state index < -0.39 is 12.1 Å². The number of rotatable bonds is 6. The highest BCUT2D eigenvalue weighted by atomic mass is 19.4. The van der Waals surface area contributed by atoms with E-state index in [9.17, 15) is 18.0 Å². The van der Waals surface area contributed by atoms with E-state index in [0.29, 0.717) is 11.1 Å². The number of carboxylic acids is 1. The number of hydrogen-bond acceptors (Lipinski definition) is 6. The number of carbonyl (C=O) groups is 2. The molecule has 1 heterocycles. The molecule has 3 aromatic rings. The third-order valence-corrected chi connectivity index (χ3v) is 6.48. The Bertz CT molecular complexity index is 1370. The molecule has 0 bridgehead atoms. The minimum absolute atomic E-state index is 0.202. The van der Waals surface area contributed by atoms with Crippen LogP contribution >= 0.6 is 0 Å². The van der Waals surface area contributed by atoms with Gasteiger partial charge in [0.05, 0.1) is 18.7 Å². The molecule has 2 N–H and O–H groups in total. The van der Waals surface area contributed by atoms with Crippen molar-refractivity contribution in [3.05, 3.63) is 83.4 Å². The zero-order valence-corrected chi connectivity index (χ0v) is 22.7. The number of anilines is 1. The quantitative estimate of drug-likeness (QED) is 0.418. The van der Waals surface area contributed by atoms with E-state index in [-0.39, 0.29) is 5.91 Å². The summed E-state index contributed by atoms with van der Waals surface area (Å²) < 4.78 is 37.4. The van der Waals surface area contributed by atoms with Gasteiger partial charge in [0, 0.05) is 36.4 Å². The Hall–Kier alpha value is -4.40. The maximum Gasteiger partial charge on any atom is 0.490 e. The van der Waals surface area contributed by atoms with Crippen molar-refractivity contribution in [3.8, 4) is 22.9 Å². The van der Waals surface area contributed by atoms with Gasteiger partial charge in [-0.3, -0.25) is 9.69 Å². The number of nitrogens with one attached hydrogen (secondary N) is 1. The molecule has 1 saturated heterocycles. The molecule has 0 saturated carbocycles. The summed E-state index contributed by atoms with van der Waals surface area (Å²) in [6.45, 7) is 5.23. The number of carboxylic acid groups (broad SMARTS) is 1. The fourth-order valence-corrected chi connectivity index (χ4v) is 4.23. The van der Waals surface area contributed by atoms with Gasteiger partial charge < -0.3 is 20.1 Å². The van der Waals surface area contributed by atoms with Crippen LogP contribution in [0.5, 0.6) is 5.75 Å². The van der Waals surface area contributed by atoms with Crippen LogP contribution in [-0.4, -0.2) is 73.3 Å². The fourth-order valence-electron chi connectivity index (χ4n) is 4.23. The van der Waals surface area contributed by atoms with Crippen molar-refractivity contribution in [1.29, 1.82) is 5.26 Å². The Balaban J connectivity index is 0.000000587. The van der Waals surface area contributed by atoms with Crippen LogP contribution in [0, 0.1) is 11.3 Å². The summed E-state index contributed by atoms with van der Waals surface area (Å²) >= 11 is 0. The summed E-state index contributed by atoms with van der Waals surface area (Å²) in [6.07, 6.45) is -3.91. The molecule has 4 rings (SSSR count). The van der Waals surface area contributed by atoms with Crippen LogP contribution in [0.1, 0.15) is 27.9 Å². The molecule has 1 fully saturated rings. The summed E-state index contributed by atoms with van der Waals surface area (Å²) in [4.78, 5) is 26.3. The molecular formula is C30H31F3N4O4. The number of amides is 1. The lowest BCUT2D eigenvalue weighted by molar-refractivity contribution is -0.192. The van der Waals surface area contributed by atoms with Gasteiger partial charge in [-0.15, -0.1) is 0 Å². The highest BCUT2D eigenvalue weighted by Crippen LogP contribution is 2.29. The first kappa shape index (κ1) is 31.1. The average molecular weight is 569 g/mol. The Morgan fingerprint density at radius 3 is 2.20 bits per heavy atom. The van der Waals surface area contributed by atoms with Crippen molar-refractivity contribution in [1.82, 2.24) is 9.80 Å². The largest absolute Gasteiger partial charge is 0.496 e. The summed E-state index contributed by atoms with van der Waals surface area (Å²) in [5.41, 5.74) is 5.15. The lowest BCUT2D eigenvalue weighted by Gasteiger charge is -2.22. The van der Waals surface area contributed by atoms with Crippen LogP contribution < -0.4 is 10.1 Å². The van der Waals surface area contributed by atoms with Crippen LogP contribution in [0.25, 0.3) is 11.1 Å². The van der Waals surface area contributed by atoms with Crippen molar-refractivity contribution in [2.75, 3.05) is 45.7 Å². The summed E-state index contributed by atoms with van der Waals surface area (Å²) in [5.74, 6) is -2.05. The third kappa shape index (κ3) is 9.34. The predicted octanol–water partition coefficient (Wildman–Crippen LogP) is 5.26. The van der Waals surface area contributed by atoms with Crippen LogP contribution in [-0.2, 0) is 11.3 Å². The molecule has 41 heavy (non-hydrogen) atoms. The number of aliphatic carboxylic acids is 1. The first-order chi connectivity index (χ1) is 19.5. The maximum absolute atomic E-state index is 12.5. The smallest absolute Gasteiger partial charge is 0.490 e. The van der Waals surface area contributed by atoms with Crippen molar-refractivity contribution in [2.45, 2.75) is 19.1 Å². The maximum atomic E-state index is 12.5. The number of benzene rings is 3. The molecule has 1 aliphatic rings. The van der Waals surface area contributed by atoms with E-state index in [1.165, 1.54) is 12.0 Å². The molecule has 0 aliphatic carbocycles. The fraction of sp³-hybridized carbons (Fsp3) is 0.300. The Kier molecular flexibility index (Phi) is 10.9. The van der Waals surface area contributed by atoms with Crippen molar-refractivity contribution >= 4 is 17.6 Å². The number of nitrogens with zero attached hydrogens (tertiary/aromatic N) is 3. The normalized spacial score (nSPS) is 14.1. The lowest BCUT2D eigenvalue weighted by atomic mass is 10.0. The molecule has 0 unspecified atom stereocenters. The van der Waals surface area contributed by atoms with Gasteiger partial charge in [-0.25, -0.2) is 4.79 Å². The SMILES string of the molecule is COc1ccc(-c2ccc(NC(=O)c3ccc(C#N)cc3)cc2)cc1CN1CCCN(C)CC1.O=C(O)C(F)(F)F. The van der Waals surface area contributed by atoms with Gasteiger partial charge in [-0.05, 0) is 86.2 Å². The molecule has 0 atom stereocenters. The highest BCUT2D eigenvalue weighted by Gasteiger charge is 2.38. The number of likely N-dealkylation sites (N-methyl/N-ethyl adjacent to an activating group) is 1. The van der Waals surface area contributed by atoms with Gasteiger partial charge >= 0.3 is 12.1 Å². The van der Waals surface area contributed by atoms with Gasteiger partial charge in [0.25, 0.3) is 5.91 Å². The minimum atomic E-state index is -5.08. The number of ether oxygens (including phenoxy) is 1. The van der Waals surface area contributed by atoms with Crippen LogP contribution in [0.4, 0.5) is 18.9 Å². The Morgan fingerprint density at radius 2 is 1.61 bits per heavy atom. The number of carbonyl (C=O) groups excluding carboxylic acids is 1. The second-order valence-electron chi connectivity index (χ2n) is 9.48. The molecule has 8 nitrogen and oxygen atoms in total. The Labute approximate surface area is 236 Å². The zero-order chi connectivity index (χ0) is 30.0. The number of hydrogen-bond donors (Lipinski definition) is 2. The molecule has 0 spiro atoms. The molecule has 1 amide bonds. The summed E-state index contributed by atoms with van der Waals surface area (Å²) in [6, 6.07) is 22.8. The van der Waals surface area contributed by atoms with E-state index in [0.717, 1.165) is 55.3 Å². The Morgan fingerprint density at radius 1 is 0.976 bits per heavy atom. The second-order valence-corrected chi connectivity index (χ2v) is 9.48. The van der Waals surface area contributed by atoms with Crippen molar-refractivity contribution < 1.29 is 32.6 Å². The first-order valence-corrected chi connectivity index (χ1v) is 12.8. The average Bonchev–Trinajstić information content (AvgIpc) is 3.16. The van der Waals surface area contributed by atoms with E-state index in [1.54, 1.807) is 31.4 Å². The summed E-state index contributed by atoms with van der Waals surface area (Å²) in [5, 5.41) is 19.0. The van der Waals surface area contributed by atoms with Gasteiger partial charge in [-0.2, -0.15) is 18.4 Å². The second kappa shape index (κ2) is 14.3. The van der Waals surface area contributed by atoms with Gasteiger partial charge in [-0.1, -0.05) is 18.2 Å². The molecule has 11 heteroatoms. The molecule has 216 valence electrons. The van der Waals surface area contributed by atoms with Gasteiger partial charge in [0.1, 0.15) is 5.75 Å². The standard InChI is InChI=1S/C28H30N4O2.C2HF3O2/c1-31-14-3-15-32(17-16-31)20-25-18-24(10-13-27(25)34-2)22-8-11-26(12-9-22)30-28(33)23-6-4-21(19-29)5-7-23;3-2(4,5)1(6)7/h4-13,18H,3,14-17,20H2,1-2H3,(H,30,33);(H,6,7). The monoisotopic (exact) mass is 568 g/mol. The van der Waals surface area contributed by atoms with Crippen molar-refractivity contribution in [2.24, 2.45) is 0 Å². The summed E-state index contributed by atoms with van der Waals surface area (Å²) in [7, 11) is 3.90. The van der Waals surface area contributed by atoms with Crippen LogP contribution in [0.15, 0.2) is 66.7 Å². The third-order valence-electron chi connectivity index (χ3n) is 6.48. The van der Waals surface area contributed by atoms with Crippen molar-refractivity contribution in [3.63, 3.8) is 0 Å². The van der Waals surface area contributed by atoms with E-state index in [4.69, 9.17) is 19.9 Å². The number of methoxy groups -OCH3 is 1. The van der Waals surface area contributed by atoms with Gasteiger partial charge in [0.2, 0.25) is 0 Å². The molecule has 1 aliphatic heterocycles. The number of nitriles is 1. The minimum Gasteiger partial charge on any atom is -0.496 e. The molecular weight excluding hydrogens is 537 g/mol.